The Bertz CT molecular complexity index is 855. The molecule has 4 nitrogen and oxygen atoms in total. The van der Waals surface area contributed by atoms with E-state index in [2.05, 4.69) is 5.32 Å². The average Bonchev–Trinajstić information content (AvgIpc) is 2.46. The summed E-state index contributed by atoms with van der Waals surface area (Å²) in [6.07, 6.45) is 0. The number of benzene rings is 2. The third-order valence-electron chi connectivity index (χ3n) is 3.56. The van der Waals surface area contributed by atoms with Gasteiger partial charge in [0.2, 0.25) is 0 Å². The molecule has 0 saturated carbocycles. The number of nitrogens with one attached hydrogen (secondary N) is 1. The van der Waals surface area contributed by atoms with Crippen molar-refractivity contribution in [2.24, 2.45) is 0 Å². The molecule has 0 spiro atoms. The summed E-state index contributed by atoms with van der Waals surface area (Å²) in [5.74, 6) is -0.370. The molecule has 0 aromatic heterocycles. The first-order valence-electron chi connectivity index (χ1n) is 7.47. The summed E-state index contributed by atoms with van der Waals surface area (Å²) < 4.78 is 23.8. The summed E-state index contributed by atoms with van der Waals surface area (Å²) in [4.78, 5) is 12.2. The first-order valence-corrected chi connectivity index (χ1v) is 9.50. The molecule has 2 aromatic rings. The van der Waals surface area contributed by atoms with Crippen molar-refractivity contribution < 1.29 is 13.2 Å². The van der Waals surface area contributed by atoms with Crippen LogP contribution in [-0.2, 0) is 15.6 Å². The first kappa shape index (κ1) is 18.5. The maximum absolute atomic E-state index is 12.3. The van der Waals surface area contributed by atoms with Gasteiger partial charge in [-0.1, -0.05) is 29.8 Å². The lowest BCUT2D eigenvalue weighted by molar-refractivity contribution is 0.102. The van der Waals surface area contributed by atoms with E-state index < -0.39 is 14.6 Å². The highest BCUT2D eigenvalue weighted by atomic mass is 35.5. The van der Waals surface area contributed by atoms with E-state index in [0.717, 1.165) is 0 Å². The van der Waals surface area contributed by atoms with Gasteiger partial charge in [-0.3, -0.25) is 4.79 Å². The van der Waals surface area contributed by atoms with Crippen LogP contribution in [0.2, 0.25) is 5.02 Å². The third kappa shape index (κ3) is 4.58. The summed E-state index contributed by atoms with van der Waals surface area (Å²) >= 11 is 5.89. The highest BCUT2D eigenvalue weighted by Gasteiger charge is 2.29. The van der Waals surface area contributed by atoms with Crippen LogP contribution in [0.1, 0.15) is 36.7 Å². The topological polar surface area (TPSA) is 63.2 Å². The molecule has 128 valence electrons. The molecule has 0 aliphatic rings. The predicted octanol–water partition coefficient (Wildman–Crippen LogP) is 4.31. The SMILES string of the molecule is CC(C)(C)S(=O)(=O)Cc1cccc(NC(=O)c2cccc(Cl)c2)c1. The molecule has 2 aromatic carbocycles. The minimum atomic E-state index is -3.28. The predicted molar refractivity (Wildman–Crippen MR) is 98.2 cm³/mol. The number of sulfone groups is 1. The Labute approximate surface area is 147 Å². The summed E-state index contributed by atoms with van der Waals surface area (Å²) in [5, 5.41) is 3.24. The Balaban J connectivity index is 2.18. The molecule has 0 saturated heterocycles. The van der Waals surface area contributed by atoms with E-state index in [4.69, 9.17) is 11.6 Å². The van der Waals surface area contributed by atoms with E-state index >= 15 is 0 Å². The van der Waals surface area contributed by atoms with Gasteiger partial charge in [0.05, 0.1) is 10.5 Å². The van der Waals surface area contributed by atoms with Gasteiger partial charge >= 0.3 is 0 Å². The fourth-order valence-electron chi connectivity index (χ4n) is 2.01. The molecular weight excluding hydrogens is 346 g/mol. The largest absolute Gasteiger partial charge is 0.322 e. The number of hydrogen-bond acceptors (Lipinski definition) is 3. The zero-order valence-electron chi connectivity index (χ0n) is 13.8. The van der Waals surface area contributed by atoms with Crippen molar-refractivity contribution in [2.45, 2.75) is 31.3 Å². The van der Waals surface area contributed by atoms with Gasteiger partial charge in [0.25, 0.3) is 5.91 Å². The van der Waals surface area contributed by atoms with Crippen LogP contribution in [0.15, 0.2) is 48.5 Å². The van der Waals surface area contributed by atoms with E-state index in [9.17, 15) is 13.2 Å². The molecule has 0 aliphatic heterocycles. The van der Waals surface area contributed by atoms with Gasteiger partial charge in [-0.05, 0) is 56.7 Å². The van der Waals surface area contributed by atoms with E-state index in [0.29, 0.717) is 21.8 Å². The number of amides is 1. The third-order valence-corrected chi connectivity index (χ3v) is 6.38. The van der Waals surface area contributed by atoms with Gasteiger partial charge < -0.3 is 5.32 Å². The maximum atomic E-state index is 12.3. The van der Waals surface area contributed by atoms with Crippen LogP contribution in [0.25, 0.3) is 0 Å². The summed E-state index contributed by atoms with van der Waals surface area (Å²) in [6, 6.07) is 13.5. The quantitative estimate of drug-likeness (QED) is 0.878. The van der Waals surface area contributed by atoms with Gasteiger partial charge in [-0.15, -0.1) is 0 Å². The molecule has 0 radical (unpaired) electrons. The van der Waals surface area contributed by atoms with Crippen LogP contribution >= 0.6 is 11.6 Å². The van der Waals surface area contributed by atoms with Gasteiger partial charge in [-0.2, -0.15) is 0 Å². The molecule has 0 unspecified atom stereocenters. The molecule has 0 bridgehead atoms. The van der Waals surface area contributed by atoms with Crippen LogP contribution in [0.4, 0.5) is 5.69 Å². The number of carbonyl (C=O) groups is 1. The lowest BCUT2D eigenvalue weighted by Gasteiger charge is -2.19. The minimum absolute atomic E-state index is 0.0720. The standard InChI is InChI=1S/C18H20ClNO3S/c1-18(2,3)24(22,23)12-13-6-4-9-16(10-13)20-17(21)14-7-5-8-15(19)11-14/h4-11H,12H2,1-3H3,(H,20,21). The normalized spacial score (nSPS) is 12.0. The molecule has 0 atom stereocenters. The van der Waals surface area contributed by atoms with Crippen molar-refractivity contribution in [3.8, 4) is 0 Å². The molecule has 24 heavy (non-hydrogen) atoms. The molecule has 6 heteroatoms. The van der Waals surface area contributed by atoms with E-state index in [1.54, 1.807) is 69.3 Å². The number of halogens is 1. The Kier molecular flexibility index (Phi) is 5.35. The first-order chi connectivity index (χ1) is 11.1. The van der Waals surface area contributed by atoms with E-state index in [-0.39, 0.29) is 11.7 Å². The molecule has 0 heterocycles. The van der Waals surface area contributed by atoms with Crippen molar-refractivity contribution in [3.05, 3.63) is 64.7 Å². The molecule has 0 aliphatic carbocycles. The number of rotatable bonds is 4. The second-order valence-corrected chi connectivity index (χ2v) is 9.72. The fourth-order valence-corrected chi connectivity index (χ4v) is 3.25. The zero-order valence-corrected chi connectivity index (χ0v) is 15.4. The van der Waals surface area contributed by atoms with Crippen LogP contribution < -0.4 is 5.32 Å². The Morgan fingerprint density at radius 2 is 1.75 bits per heavy atom. The van der Waals surface area contributed by atoms with Crippen molar-refractivity contribution in [2.75, 3.05) is 5.32 Å². The molecule has 1 N–H and O–H groups in total. The Hall–Kier alpha value is -1.85. The lowest BCUT2D eigenvalue weighted by Crippen LogP contribution is -2.29. The molecule has 0 fully saturated rings. The van der Waals surface area contributed by atoms with Gasteiger partial charge in [0.1, 0.15) is 0 Å². The zero-order chi connectivity index (χ0) is 18.0. The molecule has 1 amide bonds. The number of carbonyl (C=O) groups excluding carboxylic acids is 1. The summed E-state index contributed by atoms with van der Waals surface area (Å²) in [6.45, 7) is 5.02. The average molecular weight is 366 g/mol. The van der Waals surface area contributed by atoms with Crippen LogP contribution in [-0.4, -0.2) is 19.1 Å². The van der Waals surface area contributed by atoms with Gasteiger partial charge in [0, 0.05) is 16.3 Å². The number of anilines is 1. The second-order valence-electron chi connectivity index (χ2n) is 6.54. The summed E-state index contributed by atoms with van der Waals surface area (Å²) in [5.41, 5.74) is 1.62. The monoisotopic (exact) mass is 365 g/mol. The van der Waals surface area contributed by atoms with Crippen LogP contribution in [0.3, 0.4) is 0 Å². The lowest BCUT2D eigenvalue weighted by atomic mass is 10.2. The fraction of sp³-hybridized carbons (Fsp3) is 0.278. The van der Waals surface area contributed by atoms with Crippen molar-refractivity contribution >= 4 is 33.0 Å². The highest BCUT2D eigenvalue weighted by molar-refractivity contribution is 7.91. The van der Waals surface area contributed by atoms with Crippen molar-refractivity contribution in [1.29, 1.82) is 0 Å². The Morgan fingerprint density at radius 1 is 1.08 bits per heavy atom. The van der Waals surface area contributed by atoms with E-state index in [1.165, 1.54) is 0 Å². The maximum Gasteiger partial charge on any atom is 0.255 e. The van der Waals surface area contributed by atoms with Crippen LogP contribution in [0, 0.1) is 0 Å². The molecule has 2 rings (SSSR count). The highest BCUT2D eigenvalue weighted by Crippen LogP contribution is 2.22. The number of hydrogen-bond donors (Lipinski definition) is 1. The molecular formula is C18H20ClNO3S. The summed E-state index contributed by atoms with van der Waals surface area (Å²) in [7, 11) is -3.28. The smallest absolute Gasteiger partial charge is 0.255 e. The van der Waals surface area contributed by atoms with E-state index in [1.807, 2.05) is 0 Å². The van der Waals surface area contributed by atoms with Gasteiger partial charge in [-0.25, -0.2) is 8.42 Å². The van der Waals surface area contributed by atoms with Crippen LogP contribution in [0.5, 0.6) is 0 Å². The van der Waals surface area contributed by atoms with Crippen molar-refractivity contribution in [3.63, 3.8) is 0 Å². The van der Waals surface area contributed by atoms with Crippen molar-refractivity contribution in [1.82, 2.24) is 0 Å². The Morgan fingerprint density at radius 3 is 2.38 bits per heavy atom. The minimum Gasteiger partial charge on any atom is -0.322 e. The second kappa shape index (κ2) is 6.95. The van der Waals surface area contributed by atoms with Gasteiger partial charge in [0.15, 0.2) is 9.84 Å².